The van der Waals surface area contributed by atoms with Crippen LogP contribution in [0, 0.1) is 17.8 Å². The first-order chi connectivity index (χ1) is 9.06. The average Bonchev–Trinajstić information content (AvgIpc) is 2.40. The molecule has 19 heavy (non-hydrogen) atoms. The molecule has 0 nitrogen and oxygen atoms in total. The fourth-order valence-electron chi connectivity index (χ4n) is 3.00. The minimum atomic E-state index is 0.624. The van der Waals surface area contributed by atoms with Crippen molar-refractivity contribution in [3.63, 3.8) is 0 Å². The zero-order valence-electron chi connectivity index (χ0n) is 12.9. The fourth-order valence-corrected chi connectivity index (χ4v) is 3.00. The zero-order valence-corrected chi connectivity index (χ0v) is 12.9. The fraction of sp³-hybridized carbons (Fsp3) is 0.579. The molecule has 1 aliphatic rings. The molecule has 3 atom stereocenters. The molecule has 0 radical (unpaired) electrons. The smallest absolute Gasteiger partial charge is 0.0219 e. The molecule has 0 saturated heterocycles. The highest BCUT2D eigenvalue weighted by Gasteiger charge is 2.22. The van der Waals surface area contributed by atoms with E-state index in [1.165, 1.54) is 30.4 Å². The van der Waals surface area contributed by atoms with Crippen molar-refractivity contribution in [2.45, 2.75) is 52.9 Å². The Hall–Kier alpha value is -1.04. The maximum Gasteiger partial charge on any atom is -0.0219 e. The molecule has 1 saturated carbocycles. The van der Waals surface area contributed by atoms with Crippen molar-refractivity contribution >= 4 is 6.08 Å². The van der Waals surface area contributed by atoms with Gasteiger partial charge in [0.25, 0.3) is 0 Å². The second-order valence-electron chi connectivity index (χ2n) is 6.71. The Kier molecular flexibility index (Phi) is 4.85. The Morgan fingerprint density at radius 2 is 1.68 bits per heavy atom. The Morgan fingerprint density at radius 3 is 2.26 bits per heavy atom. The molecule has 0 heteroatoms. The van der Waals surface area contributed by atoms with Gasteiger partial charge in [0.15, 0.2) is 0 Å². The van der Waals surface area contributed by atoms with E-state index in [4.69, 9.17) is 0 Å². The number of hydrogen-bond donors (Lipinski definition) is 0. The number of allylic oxidation sites excluding steroid dienone is 1. The molecular weight excluding hydrogens is 228 g/mol. The monoisotopic (exact) mass is 256 g/mol. The molecule has 0 aromatic heterocycles. The van der Waals surface area contributed by atoms with Gasteiger partial charge >= 0.3 is 0 Å². The molecule has 1 aliphatic carbocycles. The topological polar surface area (TPSA) is 0 Å². The molecule has 0 aliphatic heterocycles. The van der Waals surface area contributed by atoms with Crippen molar-refractivity contribution in [3.8, 4) is 0 Å². The van der Waals surface area contributed by atoms with Crippen LogP contribution in [0.15, 0.2) is 30.3 Å². The van der Waals surface area contributed by atoms with Crippen molar-refractivity contribution in [3.05, 3.63) is 41.5 Å². The Bertz CT molecular complexity index is 410. The molecule has 3 unspecified atom stereocenters. The van der Waals surface area contributed by atoms with Crippen LogP contribution >= 0.6 is 0 Å². The molecule has 0 heterocycles. The van der Waals surface area contributed by atoms with Crippen molar-refractivity contribution < 1.29 is 0 Å². The highest BCUT2D eigenvalue weighted by Crippen LogP contribution is 2.34. The summed E-state index contributed by atoms with van der Waals surface area (Å²) in [7, 11) is 0. The molecule has 1 aromatic rings. The predicted molar refractivity (Wildman–Crippen MR) is 85.2 cm³/mol. The van der Waals surface area contributed by atoms with Gasteiger partial charge in [-0.05, 0) is 54.1 Å². The third-order valence-corrected chi connectivity index (χ3v) is 4.80. The van der Waals surface area contributed by atoms with E-state index in [1.807, 2.05) is 0 Å². The summed E-state index contributed by atoms with van der Waals surface area (Å²) in [5.41, 5.74) is 2.77. The van der Waals surface area contributed by atoms with Gasteiger partial charge in [-0.25, -0.2) is 0 Å². The van der Waals surface area contributed by atoms with Crippen LogP contribution < -0.4 is 0 Å². The second kappa shape index (κ2) is 6.41. The summed E-state index contributed by atoms with van der Waals surface area (Å²) < 4.78 is 0. The highest BCUT2D eigenvalue weighted by atomic mass is 14.3. The number of benzene rings is 1. The Balaban J connectivity index is 1.95. The summed E-state index contributed by atoms with van der Waals surface area (Å²) in [6.07, 6.45) is 8.88. The highest BCUT2D eigenvalue weighted by molar-refractivity contribution is 5.50. The maximum absolute atomic E-state index is 2.44. The normalized spacial score (nSPS) is 28.2. The van der Waals surface area contributed by atoms with Gasteiger partial charge in [-0.15, -0.1) is 0 Å². The molecule has 0 amide bonds. The van der Waals surface area contributed by atoms with Crippen LogP contribution in [0.4, 0.5) is 0 Å². The van der Waals surface area contributed by atoms with Crippen LogP contribution in [0.2, 0.25) is 0 Å². The first-order valence-corrected chi connectivity index (χ1v) is 7.84. The van der Waals surface area contributed by atoms with E-state index in [2.05, 4.69) is 64.1 Å². The van der Waals surface area contributed by atoms with Gasteiger partial charge in [-0.3, -0.25) is 0 Å². The molecule has 104 valence electrons. The number of rotatable bonds is 3. The lowest BCUT2D eigenvalue weighted by Crippen LogP contribution is -2.19. The first kappa shape index (κ1) is 14.4. The van der Waals surface area contributed by atoms with Crippen molar-refractivity contribution in [1.82, 2.24) is 0 Å². The average molecular weight is 256 g/mol. The Morgan fingerprint density at radius 1 is 1.00 bits per heavy atom. The van der Waals surface area contributed by atoms with Crippen LogP contribution in [-0.2, 0) is 0 Å². The van der Waals surface area contributed by atoms with Crippen LogP contribution in [0.3, 0.4) is 0 Å². The van der Waals surface area contributed by atoms with E-state index in [1.54, 1.807) is 0 Å². The van der Waals surface area contributed by atoms with E-state index in [9.17, 15) is 0 Å². The summed E-state index contributed by atoms with van der Waals surface area (Å²) in [5, 5.41) is 0. The lowest BCUT2D eigenvalue weighted by atomic mass is 9.76. The van der Waals surface area contributed by atoms with Gasteiger partial charge in [-0.2, -0.15) is 0 Å². The van der Waals surface area contributed by atoms with Gasteiger partial charge in [0.1, 0.15) is 0 Å². The third-order valence-electron chi connectivity index (χ3n) is 4.80. The summed E-state index contributed by atoms with van der Waals surface area (Å²) in [5.74, 6) is 3.20. The van der Waals surface area contributed by atoms with Gasteiger partial charge in [0.2, 0.25) is 0 Å². The van der Waals surface area contributed by atoms with Crippen molar-refractivity contribution in [1.29, 1.82) is 0 Å². The summed E-state index contributed by atoms with van der Waals surface area (Å²) in [4.78, 5) is 0. The maximum atomic E-state index is 2.44. The predicted octanol–water partition coefficient (Wildman–Crippen LogP) is 5.90. The molecule has 0 spiro atoms. The van der Waals surface area contributed by atoms with Crippen molar-refractivity contribution in [2.24, 2.45) is 17.8 Å². The van der Waals surface area contributed by atoms with E-state index in [0.717, 1.165) is 17.8 Å². The molecule has 1 aromatic carbocycles. The quantitative estimate of drug-likeness (QED) is 0.632. The minimum absolute atomic E-state index is 0.624. The summed E-state index contributed by atoms with van der Waals surface area (Å²) >= 11 is 0. The van der Waals surface area contributed by atoms with Crippen LogP contribution in [0.1, 0.15) is 64.0 Å². The largest absolute Gasteiger partial charge is 0.0808 e. The second-order valence-corrected chi connectivity index (χ2v) is 6.71. The summed E-state index contributed by atoms with van der Waals surface area (Å²) in [6.45, 7) is 9.29. The standard InChI is InChI=1S/C19H28/c1-14(2)19-11-9-17(10-12-19)7-8-18-6-5-15(3)16(4)13-18/h7-12,14-16,18H,5-6,13H2,1-4H3/b8-7+. The Labute approximate surface area is 118 Å². The lowest BCUT2D eigenvalue weighted by Gasteiger charge is -2.30. The van der Waals surface area contributed by atoms with E-state index < -0.39 is 0 Å². The van der Waals surface area contributed by atoms with E-state index in [-0.39, 0.29) is 0 Å². The third kappa shape index (κ3) is 3.96. The first-order valence-electron chi connectivity index (χ1n) is 7.84. The molecule has 2 rings (SSSR count). The van der Waals surface area contributed by atoms with Gasteiger partial charge in [0, 0.05) is 0 Å². The van der Waals surface area contributed by atoms with Crippen LogP contribution in [0.25, 0.3) is 6.08 Å². The summed E-state index contributed by atoms with van der Waals surface area (Å²) in [6, 6.07) is 9.02. The van der Waals surface area contributed by atoms with E-state index in [0.29, 0.717) is 5.92 Å². The van der Waals surface area contributed by atoms with Crippen molar-refractivity contribution in [2.75, 3.05) is 0 Å². The molecule has 1 fully saturated rings. The van der Waals surface area contributed by atoms with Gasteiger partial charge in [-0.1, -0.05) is 64.1 Å². The van der Waals surface area contributed by atoms with Gasteiger partial charge < -0.3 is 0 Å². The zero-order chi connectivity index (χ0) is 13.8. The van der Waals surface area contributed by atoms with Gasteiger partial charge in [0.05, 0.1) is 0 Å². The molecule has 0 N–H and O–H groups in total. The number of hydrogen-bond acceptors (Lipinski definition) is 0. The molecular formula is C19H28. The SMILES string of the molecule is CC(C)c1ccc(/C=C/C2CCC(C)C(C)C2)cc1. The molecule has 0 bridgehead atoms. The lowest BCUT2D eigenvalue weighted by molar-refractivity contribution is 0.237. The van der Waals surface area contributed by atoms with Crippen LogP contribution in [-0.4, -0.2) is 0 Å². The minimum Gasteiger partial charge on any atom is -0.0808 e. The van der Waals surface area contributed by atoms with Crippen LogP contribution in [0.5, 0.6) is 0 Å². The van der Waals surface area contributed by atoms with E-state index >= 15 is 0 Å².